The van der Waals surface area contributed by atoms with Gasteiger partial charge in [0.1, 0.15) is 5.82 Å². The van der Waals surface area contributed by atoms with E-state index >= 15 is 0 Å². The molecular weight excluding hydrogens is 316 g/mol. The van der Waals surface area contributed by atoms with Crippen molar-refractivity contribution in [2.75, 3.05) is 12.8 Å². The van der Waals surface area contributed by atoms with Crippen molar-refractivity contribution in [3.8, 4) is 0 Å². The number of hydrogen-bond donors (Lipinski definition) is 1. The third kappa shape index (κ3) is 3.82. The largest absolute Gasteiger partial charge is 0.368 e. The fourth-order valence-corrected chi connectivity index (χ4v) is 2.60. The lowest BCUT2D eigenvalue weighted by Gasteiger charge is -2.18. The van der Waals surface area contributed by atoms with Gasteiger partial charge < -0.3 is 15.2 Å². The molecule has 2 heterocycles. The second-order valence-corrected chi connectivity index (χ2v) is 5.85. The van der Waals surface area contributed by atoms with Crippen LogP contribution in [0.25, 0.3) is 0 Å². The van der Waals surface area contributed by atoms with Gasteiger partial charge in [0.05, 0.1) is 17.8 Å². The number of nitrogens with zero attached hydrogens (tertiary/aromatic N) is 5. The normalized spacial score (nSPS) is 10.6. The van der Waals surface area contributed by atoms with E-state index in [1.807, 2.05) is 29.0 Å². The molecule has 0 saturated heterocycles. The number of amides is 1. The Hall–Kier alpha value is -3.22. The fraction of sp³-hybridized carbons (Fsp3) is 0.222. The summed E-state index contributed by atoms with van der Waals surface area (Å²) in [5, 5.41) is 0. The first-order valence-electron chi connectivity index (χ1n) is 7.93. The maximum Gasteiger partial charge on any atom is 0.257 e. The second kappa shape index (κ2) is 7.12. The van der Waals surface area contributed by atoms with E-state index in [0.717, 1.165) is 5.82 Å². The summed E-state index contributed by atoms with van der Waals surface area (Å²) >= 11 is 0. The molecule has 7 heteroatoms. The van der Waals surface area contributed by atoms with Crippen molar-refractivity contribution in [3.63, 3.8) is 0 Å². The molecule has 3 aromatic rings. The van der Waals surface area contributed by atoms with Crippen molar-refractivity contribution in [2.45, 2.75) is 20.0 Å². The fourth-order valence-electron chi connectivity index (χ4n) is 2.60. The summed E-state index contributed by atoms with van der Waals surface area (Å²) in [5.41, 5.74) is 7.73. The molecule has 0 bridgehead atoms. The molecule has 0 saturated carbocycles. The molecule has 7 nitrogen and oxygen atoms in total. The molecular formula is C18H20N6O. The monoisotopic (exact) mass is 336 g/mol. The van der Waals surface area contributed by atoms with Gasteiger partial charge in [-0.2, -0.15) is 0 Å². The second-order valence-electron chi connectivity index (χ2n) is 5.85. The van der Waals surface area contributed by atoms with Crippen molar-refractivity contribution >= 4 is 11.9 Å². The zero-order valence-electron chi connectivity index (χ0n) is 14.3. The number of benzene rings is 1. The molecule has 2 aromatic heterocycles. The number of carbonyl (C=O) groups is 1. The zero-order valence-corrected chi connectivity index (χ0v) is 14.3. The SMILES string of the molecule is Cc1nc(N)ncc1C(=O)N(C)Cc1nccn1Cc1ccccc1. The lowest BCUT2D eigenvalue weighted by Crippen LogP contribution is -2.29. The highest BCUT2D eigenvalue weighted by Crippen LogP contribution is 2.12. The molecule has 0 atom stereocenters. The number of carbonyl (C=O) groups excluding carboxylic acids is 1. The van der Waals surface area contributed by atoms with Crippen LogP contribution in [0.2, 0.25) is 0 Å². The number of hydrogen-bond acceptors (Lipinski definition) is 5. The Morgan fingerprint density at radius 2 is 2.00 bits per heavy atom. The maximum absolute atomic E-state index is 12.6. The molecule has 0 unspecified atom stereocenters. The van der Waals surface area contributed by atoms with Crippen LogP contribution in [0.4, 0.5) is 5.95 Å². The molecule has 128 valence electrons. The summed E-state index contributed by atoms with van der Waals surface area (Å²) in [6.45, 7) is 2.85. The predicted molar refractivity (Wildman–Crippen MR) is 94.7 cm³/mol. The maximum atomic E-state index is 12.6. The lowest BCUT2D eigenvalue weighted by molar-refractivity contribution is 0.0778. The van der Waals surface area contributed by atoms with E-state index in [2.05, 4.69) is 27.1 Å². The third-order valence-corrected chi connectivity index (χ3v) is 3.95. The van der Waals surface area contributed by atoms with E-state index in [9.17, 15) is 4.79 Å². The number of rotatable bonds is 5. The number of aryl methyl sites for hydroxylation is 1. The molecule has 1 amide bonds. The highest BCUT2D eigenvalue weighted by atomic mass is 16.2. The van der Waals surface area contributed by atoms with Gasteiger partial charge in [0.2, 0.25) is 5.95 Å². The zero-order chi connectivity index (χ0) is 17.8. The van der Waals surface area contributed by atoms with Crippen LogP contribution in [0.3, 0.4) is 0 Å². The van der Waals surface area contributed by atoms with E-state index in [0.29, 0.717) is 24.3 Å². The molecule has 0 radical (unpaired) electrons. The Morgan fingerprint density at radius 1 is 1.24 bits per heavy atom. The van der Waals surface area contributed by atoms with Gasteiger partial charge in [-0.1, -0.05) is 30.3 Å². The van der Waals surface area contributed by atoms with Crippen LogP contribution in [0.15, 0.2) is 48.9 Å². The van der Waals surface area contributed by atoms with Gasteiger partial charge in [-0.15, -0.1) is 0 Å². The van der Waals surface area contributed by atoms with Gasteiger partial charge in [-0.05, 0) is 12.5 Å². The average molecular weight is 336 g/mol. The van der Waals surface area contributed by atoms with E-state index in [1.165, 1.54) is 11.8 Å². The molecule has 0 spiro atoms. The molecule has 0 fully saturated rings. The van der Waals surface area contributed by atoms with E-state index in [4.69, 9.17) is 5.73 Å². The Morgan fingerprint density at radius 3 is 2.72 bits per heavy atom. The van der Waals surface area contributed by atoms with Gasteiger partial charge >= 0.3 is 0 Å². The van der Waals surface area contributed by atoms with Crippen LogP contribution in [-0.4, -0.2) is 37.4 Å². The highest BCUT2D eigenvalue weighted by Gasteiger charge is 2.18. The van der Waals surface area contributed by atoms with Crippen molar-refractivity contribution in [1.29, 1.82) is 0 Å². The van der Waals surface area contributed by atoms with Crippen molar-refractivity contribution < 1.29 is 4.79 Å². The van der Waals surface area contributed by atoms with Gasteiger partial charge in [0.15, 0.2) is 0 Å². The number of aromatic nitrogens is 4. The predicted octanol–water partition coefficient (Wildman–Crippen LogP) is 1.88. The van der Waals surface area contributed by atoms with Crippen LogP contribution < -0.4 is 5.73 Å². The standard InChI is InChI=1S/C18H20N6O/c1-13-15(10-21-18(19)22-13)17(25)23(2)12-16-20-8-9-24(16)11-14-6-4-3-5-7-14/h3-10H,11-12H2,1-2H3,(H2,19,21,22). The first-order chi connectivity index (χ1) is 12.0. The minimum atomic E-state index is -0.160. The van der Waals surface area contributed by atoms with Crippen LogP contribution in [0.1, 0.15) is 27.4 Å². The molecule has 0 aliphatic carbocycles. The van der Waals surface area contributed by atoms with E-state index in [1.54, 1.807) is 25.1 Å². The molecule has 25 heavy (non-hydrogen) atoms. The quantitative estimate of drug-likeness (QED) is 0.768. The minimum Gasteiger partial charge on any atom is -0.368 e. The molecule has 1 aromatic carbocycles. The summed E-state index contributed by atoms with van der Waals surface area (Å²) in [5.74, 6) is 0.815. The minimum absolute atomic E-state index is 0.160. The number of nitrogen functional groups attached to an aromatic ring is 1. The first-order valence-corrected chi connectivity index (χ1v) is 7.93. The smallest absolute Gasteiger partial charge is 0.257 e. The van der Waals surface area contributed by atoms with E-state index < -0.39 is 0 Å². The summed E-state index contributed by atoms with van der Waals surface area (Å²) < 4.78 is 2.03. The molecule has 3 rings (SSSR count). The molecule has 0 aliphatic rings. The summed E-state index contributed by atoms with van der Waals surface area (Å²) in [6, 6.07) is 10.1. The Kier molecular flexibility index (Phi) is 4.74. The van der Waals surface area contributed by atoms with Gasteiger partial charge in [-0.25, -0.2) is 15.0 Å². The summed E-state index contributed by atoms with van der Waals surface area (Å²) in [4.78, 5) is 26.6. The van der Waals surface area contributed by atoms with Crippen LogP contribution in [0, 0.1) is 6.92 Å². The van der Waals surface area contributed by atoms with Crippen molar-refractivity contribution in [1.82, 2.24) is 24.4 Å². The van der Waals surface area contributed by atoms with Gasteiger partial charge in [-0.3, -0.25) is 4.79 Å². The van der Waals surface area contributed by atoms with Crippen LogP contribution >= 0.6 is 0 Å². The van der Waals surface area contributed by atoms with Gasteiger partial charge in [0.25, 0.3) is 5.91 Å². The number of imidazole rings is 1. The lowest BCUT2D eigenvalue weighted by atomic mass is 10.2. The van der Waals surface area contributed by atoms with E-state index in [-0.39, 0.29) is 11.9 Å². The summed E-state index contributed by atoms with van der Waals surface area (Å²) in [7, 11) is 1.74. The van der Waals surface area contributed by atoms with Gasteiger partial charge in [0, 0.05) is 32.2 Å². The van der Waals surface area contributed by atoms with Crippen molar-refractivity contribution in [2.24, 2.45) is 0 Å². The highest BCUT2D eigenvalue weighted by molar-refractivity contribution is 5.94. The van der Waals surface area contributed by atoms with Crippen LogP contribution in [0.5, 0.6) is 0 Å². The Balaban J connectivity index is 1.74. The average Bonchev–Trinajstić information content (AvgIpc) is 3.02. The summed E-state index contributed by atoms with van der Waals surface area (Å²) in [6.07, 6.45) is 5.12. The Labute approximate surface area is 146 Å². The molecule has 0 aliphatic heterocycles. The topological polar surface area (TPSA) is 89.9 Å². The first kappa shape index (κ1) is 16.6. The van der Waals surface area contributed by atoms with Crippen molar-refractivity contribution in [3.05, 3.63) is 71.6 Å². The number of anilines is 1. The number of nitrogens with two attached hydrogens (primary N) is 1. The Bertz CT molecular complexity index is 874. The van der Waals surface area contributed by atoms with Crippen LogP contribution in [-0.2, 0) is 13.1 Å². The third-order valence-electron chi connectivity index (χ3n) is 3.95. The molecule has 2 N–H and O–H groups in total.